The van der Waals surface area contributed by atoms with E-state index in [1.54, 1.807) is 0 Å². The number of hydrogen-bond acceptors (Lipinski definition) is 2. The van der Waals surface area contributed by atoms with Gasteiger partial charge in [-0.05, 0) is 56.2 Å². The van der Waals surface area contributed by atoms with Gasteiger partial charge in [0.15, 0.2) is 0 Å². The van der Waals surface area contributed by atoms with E-state index in [0.717, 1.165) is 45.1 Å². The average Bonchev–Trinajstić information content (AvgIpc) is 2.82. The van der Waals surface area contributed by atoms with Crippen LogP contribution in [0, 0.1) is 0 Å². The van der Waals surface area contributed by atoms with Gasteiger partial charge < -0.3 is 10.8 Å². The summed E-state index contributed by atoms with van der Waals surface area (Å²) in [4.78, 5) is 0. The zero-order valence-corrected chi connectivity index (χ0v) is 11.2. The molecule has 1 aliphatic carbocycles. The van der Waals surface area contributed by atoms with Crippen molar-refractivity contribution < 1.29 is 5.11 Å². The Morgan fingerprint density at radius 1 is 1.11 bits per heavy atom. The Balaban J connectivity index is 1.88. The van der Waals surface area contributed by atoms with Crippen molar-refractivity contribution in [3.63, 3.8) is 0 Å². The van der Waals surface area contributed by atoms with Crippen molar-refractivity contribution in [1.82, 2.24) is 0 Å². The predicted octanol–water partition coefficient (Wildman–Crippen LogP) is 2.82. The molecule has 0 aromatic heterocycles. The van der Waals surface area contributed by atoms with E-state index in [2.05, 4.69) is 24.3 Å². The fourth-order valence-electron chi connectivity index (χ4n) is 2.91. The molecule has 1 aromatic rings. The highest BCUT2D eigenvalue weighted by atomic mass is 16.3. The van der Waals surface area contributed by atoms with Crippen molar-refractivity contribution in [2.75, 3.05) is 6.54 Å². The Kier molecular flexibility index (Phi) is 4.79. The van der Waals surface area contributed by atoms with Crippen LogP contribution in [0.15, 0.2) is 24.3 Å². The Labute approximate surface area is 110 Å². The van der Waals surface area contributed by atoms with Crippen molar-refractivity contribution in [2.45, 2.75) is 57.0 Å². The molecule has 0 bridgehead atoms. The van der Waals surface area contributed by atoms with Gasteiger partial charge in [0.2, 0.25) is 0 Å². The largest absolute Gasteiger partial charge is 0.390 e. The maximum Gasteiger partial charge on any atom is 0.0651 e. The van der Waals surface area contributed by atoms with Crippen LogP contribution in [0.1, 0.15) is 49.7 Å². The molecular weight excluding hydrogens is 222 g/mol. The maximum absolute atomic E-state index is 10.3. The van der Waals surface area contributed by atoms with E-state index in [1.165, 1.54) is 24.0 Å². The minimum Gasteiger partial charge on any atom is -0.390 e. The summed E-state index contributed by atoms with van der Waals surface area (Å²) in [6.07, 6.45) is 8.36. The minimum atomic E-state index is -0.382. The average molecular weight is 247 g/mol. The molecule has 100 valence electrons. The second-order valence-corrected chi connectivity index (χ2v) is 5.64. The summed E-state index contributed by atoms with van der Waals surface area (Å²) in [6, 6.07) is 8.74. The normalized spacial score (nSPS) is 18.1. The lowest BCUT2D eigenvalue weighted by Gasteiger charge is -2.21. The summed E-state index contributed by atoms with van der Waals surface area (Å²) in [5.74, 6) is 0. The second kappa shape index (κ2) is 6.35. The van der Waals surface area contributed by atoms with Crippen LogP contribution in [0.3, 0.4) is 0 Å². The molecule has 0 heterocycles. The molecular formula is C16H25NO. The van der Waals surface area contributed by atoms with Gasteiger partial charge in [0, 0.05) is 0 Å². The molecule has 0 spiro atoms. The molecule has 1 saturated carbocycles. The molecule has 0 radical (unpaired) electrons. The fraction of sp³-hybridized carbons (Fsp3) is 0.625. The van der Waals surface area contributed by atoms with Gasteiger partial charge in [-0.3, -0.25) is 0 Å². The minimum absolute atomic E-state index is 0.382. The van der Waals surface area contributed by atoms with E-state index >= 15 is 0 Å². The molecule has 18 heavy (non-hydrogen) atoms. The van der Waals surface area contributed by atoms with Crippen LogP contribution in [-0.4, -0.2) is 17.3 Å². The number of rotatable bonds is 6. The van der Waals surface area contributed by atoms with E-state index in [1.807, 2.05) is 0 Å². The first-order valence-electron chi connectivity index (χ1n) is 7.22. The molecule has 2 heteroatoms. The first-order chi connectivity index (χ1) is 8.72. The second-order valence-electron chi connectivity index (χ2n) is 5.64. The molecule has 0 amide bonds. The third kappa shape index (κ3) is 3.82. The van der Waals surface area contributed by atoms with E-state index in [9.17, 15) is 5.11 Å². The highest BCUT2D eigenvalue weighted by Gasteiger charge is 2.30. The summed E-state index contributed by atoms with van der Waals surface area (Å²) in [5.41, 5.74) is 7.88. The van der Waals surface area contributed by atoms with Crippen molar-refractivity contribution in [3.8, 4) is 0 Å². The monoisotopic (exact) mass is 247 g/mol. The lowest BCUT2D eigenvalue weighted by atomic mass is 9.93. The summed E-state index contributed by atoms with van der Waals surface area (Å²) in [5, 5.41) is 10.3. The van der Waals surface area contributed by atoms with Crippen LogP contribution in [0.4, 0.5) is 0 Å². The van der Waals surface area contributed by atoms with Gasteiger partial charge in [0.25, 0.3) is 0 Å². The summed E-state index contributed by atoms with van der Waals surface area (Å²) >= 11 is 0. The number of aliphatic hydroxyl groups is 1. The first-order valence-corrected chi connectivity index (χ1v) is 7.22. The lowest BCUT2D eigenvalue weighted by Crippen LogP contribution is -2.24. The van der Waals surface area contributed by atoms with Crippen LogP contribution in [0.5, 0.6) is 0 Å². The van der Waals surface area contributed by atoms with Crippen LogP contribution >= 0.6 is 0 Å². The molecule has 0 unspecified atom stereocenters. The Morgan fingerprint density at radius 3 is 2.44 bits per heavy atom. The van der Waals surface area contributed by atoms with Crippen LogP contribution in [0.25, 0.3) is 0 Å². The molecule has 1 aliphatic rings. The molecule has 0 saturated heterocycles. The lowest BCUT2D eigenvalue weighted by molar-refractivity contribution is 0.0391. The van der Waals surface area contributed by atoms with E-state index in [0.29, 0.717) is 0 Å². The zero-order chi connectivity index (χ0) is 12.8. The number of benzene rings is 1. The maximum atomic E-state index is 10.3. The van der Waals surface area contributed by atoms with E-state index < -0.39 is 0 Å². The third-order valence-corrected chi connectivity index (χ3v) is 4.07. The van der Waals surface area contributed by atoms with Crippen molar-refractivity contribution in [3.05, 3.63) is 35.4 Å². The van der Waals surface area contributed by atoms with Gasteiger partial charge in [-0.2, -0.15) is 0 Å². The molecule has 0 atom stereocenters. The van der Waals surface area contributed by atoms with Crippen LogP contribution < -0.4 is 5.73 Å². The molecule has 2 rings (SSSR count). The van der Waals surface area contributed by atoms with Crippen molar-refractivity contribution in [1.29, 1.82) is 0 Å². The summed E-state index contributed by atoms with van der Waals surface area (Å²) < 4.78 is 0. The van der Waals surface area contributed by atoms with Crippen LogP contribution in [-0.2, 0) is 12.8 Å². The van der Waals surface area contributed by atoms with E-state index in [4.69, 9.17) is 5.73 Å². The molecule has 1 aromatic carbocycles. The highest BCUT2D eigenvalue weighted by molar-refractivity contribution is 5.24. The zero-order valence-electron chi connectivity index (χ0n) is 11.2. The third-order valence-electron chi connectivity index (χ3n) is 4.07. The van der Waals surface area contributed by atoms with Gasteiger partial charge in [-0.15, -0.1) is 0 Å². The van der Waals surface area contributed by atoms with Gasteiger partial charge >= 0.3 is 0 Å². The molecule has 2 nitrogen and oxygen atoms in total. The standard InChI is InChI=1S/C16H25NO/c17-12-4-7-14-5-3-6-15(13-14)8-11-16(18)9-1-2-10-16/h3,5-6,13,18H,1-2,4,7-12,17H2. The smallest absolute Gasteiger partial charge is 0.0651 e. The fourth-order valence-corrected chi connectivity index (χ4v) is 2.91. The Hall–Kier alpha value is -0.860. The highest BCUT2D eigenvalue weighted by Crippen LogP contribution is 2.33. The van der Waals surface area contributed by atoms with Crippen molar-refractivity contribution >= 4 is 0 Å². The Morgan fingerprint density at radius 2 is 1.78 bits per heavy atom. The van der Waals surface area contributed by atoms with Gasteiger partial charge in [-0.1, -0.05) is 37.1 Å². The topological polar surface area (TPSA) is 46.2 Å². The van der Waals surface area contributed by atoms with Crippen molar-refractivity contribution in [2.24, 2.45) is 5.73 Å². The van der Waals surface area contributed by atoms with Gasteiger partial charge in [-0.25, -0.2) is 0 Å². The first kappa shape index (κ1) is 13.6. The number of nitrogens with two attached hydrogens (primary N) is 1. The predicted molar refractivity (Wildman–Crippen MR) is 75.6 cm³/mol. The molecule has 0 aliphatic heterocycles. The van der Waals surface area contributed by atoms with Gasteiger partial charge in [0.1, 0.15) is 0 Å². The quantitative estimate of drug-likeness (QED) is 0.812. The summed E-state index contributed by atoms with van der Waals surface area (Å²) in [7, 11) is 0. The molecule has 3 N–H and O–H groups in total. The number of hydrogen-bond donors (Lipinski definition) is 2. The number of aryl methyl sites for hydroxylation is 2. The summed E-state index contributed by atoms with van der Waals surface area (Å²) in [6.45, 7) is 0.754. The van der Waals surface area contributed by atoms with Gasteiger partial charge in [0.05, 0.1) is 5.60 Å². The Bertz CT molecular complexity index is 369. The van der Waals surface area contributed by atoms with Crippen LogP contribution in [0.2, 0.25) is 0 Å². The van der Waals surface area contributed by atoms with E-state index in [-0.39, 0.29) is 5.60 Å². The molecule has 1 fully saturated rings. The SMILES string of the molecule is NCCCc1cccc(CCC2(O)CCCC2)c1.